The normalized spacial score (nSPS) is 9.05. The van der Waals surface area contributed by atoms with E-state index in [1.807, 2.05) is 0 Å². The summed E-state index contributed by atoms with van der Waals surface area (Å²) < 4.78 is 2.05. The summed E-state index contributed by atoms with van der Waals surface area (Å²) in [7, 11) is 0. The van der Waals surface area contributed by atoms with Crippen molar-refractivity contribution in [3.63, 3.8) is 0 Å². The fourth-order valence-corrected chi connectivity index (χ4v) is 1.75. The minimum atomic E-state index is -0.262. The highest BCUT2D eigenvalue weighted by molar-refractivity contribution is 9.10. The van der Waals surface area contributed by atoms with Crippen molar-refractivity contribution in [3.05, 3.63) is 46.6 Å². The molecule has 0 radical (unpaired) electrons. The number of aromatic nitrogens is 3. The molecule has 0 saturated carbocycles. The van der Waals surface area contributed by atoms with E-state index < -0.39 is 0 Å². The standard InChI is InChI=1S/C13H6BrN7/c14-13-18-8-21(20-13)11-3-1-10(2-4-11)19-12(7-17)9(5-15)6-16/h1-4,8,19H. The Morgan fingerprint density at radius 3 is 2.24 bits per heavy atom. The van der Waals surface area contributed by atoms with Crippen molar-refractivity contribution >= 4 is 21.6 Å². The maximum absolute atomic E-state index is 8.96. The largest absolute Gasteiger partial charge is 0.345 e. The Balaban J connectivity index is 2.25. The van der Waals surface area contributed by atoms with Gasteiger partial charge in [-0.25, -0.2) is 9.67 Å². The predicted octanol–water partition coefficient (Wildman–Crippen LogP) is 2.27. The van der Waals surface area contributed by atoms with E-state index in [-0.39, 0.29) is 11.3 Å². The molecule has 0 bridgehead atoms. The van der Waals surface area contributed by atoms with Gasteiger partial charge in [-0.2, -0.15) is 15.8 Å². The number of halogens is 1. The first-order chi connectivity index (χ1) is 10.2. The van der Waals surface area contributed by atoms with Crippen LogP contribution >= 0.6 is 15.9 Å². The molecule has 0 aliphatic carbocycles. The average molecular weight is 340 g/mol. The molecule has 0 spiro atoms. The molecule has 100 valence electrons. The number of nitrogens with one attached hydrogen (secondary N) is 1. The SMILES string of the molecule is N#CC(C#N)=C(C#N)Nc1ccc(-n2cnc(Br)n2)cc1. The highest BCUT2D eigenvalue weighted by Crippen LogP contribution is 2.16. The van der Waals surface area contributed by atoms with Gasteiger partial charge in [-0.3, -0.25) is 0 Å². The Morgan fingerprint density at radius 1 is 1.10 bits per heavy atom. The second-order valence-electron chi connectivity index (χ2n) is 3.72. The number of benzene rings is 1. The van der Waals surface area contributed by atoms with Crippen LogP contribution in [0.4, 0.5) is 5.69 Å². The van der Waals surface area contributed by atoms with Crippen molar-refractivity contribution in [1.82, 2.24) is 14.8 Å². The number of nitriles is 3. The summed E-state index contributed by atoms with van der Waals surface area (Å²) in [6.45, 7) is 0. The average Bonchev–Trinajstić information content (AvgIpc) is 2.94. The topological polar surface area (TPSA) is 114 Å². The lowest BCUT2D eigenvalue weighted by atomic mass is 10.2. The van der Waals surface area contributed by atoms with Crippen LogP contribution in [0.1, 0.15) is 0 Å². The molecule has 1 heterocycles. The number of hydrogen-bond acceptors (Lipinski definition) is 6. The lowest BCUT2D eigenvalue weighted by Gasteiger charge is -2.06. The third-order valence-corrected chi connectivity index (χ3v) is 2.81. The van der Waals surface area contributed by atoms with Crippen molar-refractivity contribution in [2.24, 2.45) is 0 Å². The van der Waals surface area contributed by atoms with Crippen LogP contribution in [0.15, 0.2) is 46.6 Å². The van der Waals surface area contributed by atoms with Gasteiger partial charge in [-0.1, -0.05) is 0 Å². The summed E-state index contributed by atoms with van der Waals surface area (Å²) in [5, 5.41) is 33.3. The summed E-state index contributed by atoms with van der Waals surface area (Å²) in [4.78, 5) is 3.95. The number of anilines is 1. The van der Waals surface area contributed by atoms with Gasteiger partial charge in [0.2, 0.25) is 4.73 Å². The Bertz CT molecular complexity index is 796. The third kappa shape index (κ3) is 3.24. The lowest BCUT2D eigenvalue weighted by Crippen LogP contribution is -2.01. The van der Waals surface area contributed by atoms with Crippen LogP contribution in [0.5, 0.6) is 0 Å². The third-order valence-electron chi connectivity index (χ3n) is 2.45. The van der Waals surface area contributed by atoms with Crippen LogP contribution < -0.4 is 5.32 Å². The molecule has 0 saturated heterocycles. The molecule has 0 amide bonds. The predicted molar refractivity (Wildman–Crippen MR) is 76.5 cm³/mol. The van der Waals surface area contributed by atoms with Gasteiger partial charge in [0, 0.05) is 5.69 Å². The Labute approximate surface area is 128 Å². The Hall–Kier alpha value is -3.15. The fraction of sp³-hybridized carbons (Fsp3) is 0. The van der Waals surface area contributed by atoms with Gasteiger partial charge in [-0.05, 0) is 40.2 Å². The van der Waals surface area contributed by atoms with Crippen molar-refractivity contribution in [2.45, 2.75) is 0 Å². The van der Waals surface area contributed by atoms with E-state index in [9.17, 15) is 0 Å². The summed E-state index contributed by atoms with van der Waals surface area (Å²) >= 11 is 3.16. The summed E-state index contributed by atoms with van der Waals surface area (Å²) in [5.74, 6) is 0. The van der Waals surface area contributed by atoms with Crippen molar-refractivity contribution in [3.8, 4) is 23.9 Å². The van der Waals surface area contributed by atoms with Gasteiger partial charge in [0.05, 0.1) is 5.69 Å². The van der Waals surface area contributed by atoms with E-state index in [2.05, 4.69) is 31.3 Å². The molecule has 2 rings (SSSR count). The van der Waals surface area contributed by atoms with E-state index in [1.165, 1.54) is 0 Å². The molecule has 7 nitrogen and oxygen atoms in total. The second-order valence-corrected chi connectivity index (χ2v) is 4.42. The first-order valence-corrected chi connectivity index (χ1v) is 6.36. The molecule has 1 aromatic carbocycles. The van der Waals surface area contributed by atoms with Crippen LogP contribution in [-0.4, -0.2) is 14.8 Å². The first-order valence-electron chi connectivity index (χ1n) is 5.57. The molecule has 1 aromatic heterocycles. The van der Waals surface area contributed by atoms with Gasteiger partial charge < -0.3 is 5.32 Å². The van der Waals surface area contributed by atoms with Gasteiger partial charge in [0.1, 0.15) is 30.2 Å². The summed E-state index contributed by atoms with van der Waals surface area (Å²) in [5.41, 5.74) is 1.01. The molecular weight excluding hydrogens is 334 g/mol. The van der Waals surface area contributed by atoms with Gasteiger partial charge >= 0.3 is 0 Å². The molecule has 0 fully saturated rings. The van der Waals surface area contributed by atoms with Gasteiger partial charge in [-0.15, -0.1) is 5.10 Å². The van der Waals surface area contributed by atoms with E-state index in [1.54, 1.807) is 53.5 Å². The zero-order chi connectivity index (χ0) is 15.2. The monoisotopic (exact) mass is 339 g/mol. The minimum Gasteiger partial charge on any atom is -0.345 e. The number of rotatable bonds is 3. The molecule has 0 unspecified atom stereocenters. The van der Waals surface area contributed by atoms with Crippen LogP contribution in [-0.2, 0) is 0 Å². The Morgan fingerprint density at radius 2 is 1.76 bits per heavy atom. The summed E-state index contributed by atoms with van der Waals surface area (Å²) in [6, 6.07) is 12.1. The molecular formula is C13H6BrN7. The van der Waals surface area contributed by atoms with E-state index in [4.69, 9.17) is 15.8 Å². The van der Waals surface area contributed by atoms with E-state index in [0.717, 1.165) is 5.69 Å². The highest BCUT2D eigenvalue weighted by atomic mass is 79.9. The quantitative estimate of drug-likeness (QED) is 0.857. The zero-order valence-corrected chi connectivity index (χ0v) is 12.0. The number of allylic oxidation sites excluding steroid dienone is 2. The van der Waals surface area contributed by atoms with Crippen LogP contribution in [0.25, 0.3) is 5.69 Å². The van der Waals surface area contributed by atoms with Crippen molar-refractivity contribution < 1.29 is 0 Å². The molecule has 0 aliphatic rings. The van der Waals surface area contributed by atoms with Crippen LogP contribution in [0.3, 0.4) is 0 Å². The Kier molecular flexibility index (Phi) is 4.30. The van der Waals surface area contributed by atoms with Crippen molar-refractivity contribution in [1.29, 1.82) is 15.8 Å². The zero-order valence-electron chi connectivity index (χ0n) is 10.4. The second kappa shape index (κ2) is 6.33. The molecule has 8 heteroatoms. The van der Waals surface area contributed by atoms with Crippen LogP contribution in [0, 0.1) is 34.0 Å². The minimum absolute atomic E-state index is 0.0868. The number of hydrogen-bond donors (Lipinski definition) is 1. The smallest absolute Gasteiger partial charge is 0.217 e. The maximum Gasteiger partial charge on any atom is 0.217 e. The van der Waals surface area contributed by atoms with E-state index in [0.29, 0.717) is 10.4 Å². The number of nitrogens with zero attached hydrogens (tertiary/aromatic N) is 6. The van der Waals surface area contributed by atoms with E-state index >= 15 is 0 Å². The van der Waals surface area contributed by atoms with Gasteiger partial charge in [0.15, 0.2) is 5.57 Å². The van der Waals surface area contributed by atoms with Crippen molar-refractivity contribution in [2.75, 3.05) is 5.32 Å². The summed E-state index contributed by atoms with van der Waals surface area (Å²) in [6.07, 6.45) is 1.55. The molecule has 1 N–H and O–H groups in total. The molecule has 0 atom stereocenters. The molecule has 0 aliphatic heterocycles. The molecule has 2 aromatic rings. The van der Waals surface area contributed by atoms with Crippen LogP contribution in [0.2, 0.25) is 0 Å². The molecule has 21 heavy (non-hydrogen) atoms. The first kappa shape index (κ1) is 14.3. The highest BCUT2D eigenvalue weighted by Gasteiger charge is 2.06. The fourth-order valence-electron chi connectivity index (χ4n) is 1.49. The van der Waals surface area contributed by atoms with Gasteiger partial charge in [0.25, 0.3) is 0 Å². The maximum atomic E-state index is 8.96. The lowest BCUT2D eigenvalue weighted by molar-refractivity contribution is 0.870.